The molecule has 5 aromatic rings. The summed E-state index contributed by atoms with van der Waals surface area (Å²) < 4.78 is 12.8. The van der Waals surface area contributed by atoms with E-state index in [0.717, 1.165) is 35.1 Å². The third-order valence-electron chi connectivity index (χ3n) is 6.95. The van der Waals surface area contributed by atoms with E-state index in [9.17, 15) is 10.0 Å². The maximum Gasteiger partial charge on any atom is 0.277 e. The molecule has 0 aliphatic rings. The second-order valence-electron chi connectivity index (χ2n) is 9.60. The third-order valence-corrected chi connectivity index (χ3v) is 7.21. The van der Waals surface area contributed by atoms with Gasteiger partial charge >= 0.3 is 0 Å². The van der Waals surface area contributed by atoms with Crippen molar-refractivity contribution in [3.63, 3.8) is 0 Å². The lowest BCUT2D eigenvalue weighted by Gasteiger charge is -2.16. The fraction of sp³-hybridized carbons (Fsp3) is 0.267. The zero-order valence-corrected chi connectivity index (χ0v) is 24.2. The van der Waals surface area contributed by atoms with Crippen LogP contribution in [0.5, 0.6) is 0 Å². The van der Waals surface area contributed by atoms with E-state index in [2.05, 4.69) is 32.5 Å². The van der Waals surface area contributed by atoms with Crippen molar-refractivity contribution < 1.29 is 19.0 Å². The number of benzene rings is 2. The number of aromatic nitrogens is 7. The van der Waals surface area contributed by atoms with Crippen molar-refractivity contribution in [3.8, 4) is 22.5 Å². The molecule has 0 saturated heterocycles. The Balaban J connectivity index is 1.60. The van der Waals surface area contributed by atoms with Crippen LogP contribution in [0.1, 0.15) is 59.3 Å². The van der Waals surface area contributed by atoms with Gasteiger partial charge in [-0.25, -0.2) is 4.98 Å². The summed E-state index contributed by atoms with van der Waals surface area (Å²) in [5, 5.41) is 28.0. The average Bonchev–Trinajstić information content (AvgIpc) is 3.66. The van der Waals surface area contributed by atoms with Gasteiger partial charge in [0, 0.05) is 44.9 Å². The highest BCUT2D eigenvalue weighted by Crippen LogP contribution is 2.32. The van der Waals surface area contributed by atoms with E-state index in [4.69, 9.17) is 21.1 Å². The summed E-state index contributed by atoms with van der Waals surface area (Å²) in [5.41, 5.74) is 3.71. The number of methoxy groups -OCH3 is 2. The standard InChI is InChI=1S/C30H30ClN7O4/c1-4-5-14-25-32-28(31)26(27(39)23-12-9-13-24(38(23)40)30(41-2)42-3)37(25)18-19-15-16-21(20-10-7-6-8-11-20)22(17-19)29-33-35-36-34-29/h6-13,15-17,30H,4-5,14,18H2,1-3H3,(H,33,34,35,36). The molecule has 216 valence electrons. The lowest BCUT2D eigenvalue weighted by molar-refractivity contribution is -0.625. The number of pyridine rings is 1. The quantitative estimate of drug-likeness (QED) is 0.0939. The van der Waals surface area contributed by atoms with Gasteiger partial charge in [-0.1, -0.05) is 67.4 Å². The fourth-order valence-electron chi connectivity index (χ4n) is 4.90. The summed E-state index contributed by atoms with van der Waals surface area (Å²) >= 11 is 6.62. The minimum atomic E-state index is -0.942. The van der Waals surface area contributed by atoms with Gasteiger partial charge in [-0.3, -0.25) is 4.79 Å². The molecule has 1 N–H and O–H groups in total. The predicted molar refractivity (Wildman–Crippen MR) is 156 cm³/mol. The van der Waals surface area contributed by atoms with Crippen LogP contribution in [-0.2, 0) is 22.4 Å². The number of hydrogen-bond acceptors (Lipinski definition) is 8. The first-order valence-electron chi connectivity index (χ1n) is 13.5. The van der Waals surface area contributed by atoms with E-state index in [0.29, 0.717) is 22.8 Å². The lowest BCUT2D eigenvalue weighted by atomic mass is 9.97. The van der Waals surface area contributed by atoms with Crippen molar-refractivity contribution in [1.29, 1.82) is 0 Å². The Kier molecular flexibility index (Phi) is 9.01. The predicted octanol–water partition coefficient (Wildman–Crippen LogP) is 4.93. The monoisotopic (exact) mass is 587 g/mol. The molecule has 0 aliphatic heterocycles. The van der Waals surface area contributed by atoms with Crippen LogP contribution in [-0.4, -0.2) is 50.2 Å². The Hall–Kier alpha value is -4.45. The Morgan fingerprint density at radius 2 is 1.86 bits per heavy atom. The number of hydrogen-bond donors (Lipinski definition) is 1. The number of halogens is 1. The largest absolute Gasteiger partial charge is 0.618 e. The molecule has 3 aromatic heterocycles. The normalized spacial score (nSPS) is 11.4. The van der Waals surface area contributed by atoms with E-state index in [-0.39, 0.29) is 28.8 Å². The molecule has 0 radical (unpaired) electrons. The van der Waals surface area contributed by atoms with Crippen molar-refractivity contribution in [3.05, 3.63) is 106 Å². The first kappa shape index (κ1) is 29.1. The van der Waals surface area contributed by atoms with Gasteiger partial charge in [0.1, 0.15) is 11.5 Å². The number of ketones is 1. The van der Waals surface area contributed by atoms with Gasteiger partial charge in [0.15, 0.2) is 5.15 Å². The van der Waals surface area contributed by atoms with Gasteiger partial charge in [0.25, 0.3) is 11.5 Å². The molecular formula is C30H30ClN7O4. The fourth-order valence-corrected chi connectivity index (χ4v) is 5.18. The minimum absolute atomic E-state index is 0.0332. The molecule has 12 heteroatoms. The van der Waals surface area contributed by atoms with Crippen LogP contribution in [0.2, 0.25) is 5.15 Å². The summed E-state index contributed by atoms with van der Waals surface area (Å²) in [6, 6.07) is 20.4. The number of tetrazole rings is 1. The number of aromatic amines is 1. The number of carbonyl (C=O) groups excluding carboxylic acids is 1. The molecule has 2 aromatic carbocycles. The smallest absolute Gasteiger partial charge is 0.277 e. The number of H-pyrrole nitrogens is 1. The van der Waals surface area contributed by atoms with Gasteiger partial charge in [-0.05, 0) is 40.5 Å². The summed E-state index contributed by atoms with van der Waals surface area (Å²) in [7, 11) is 2.83. The first-order valence-corrected chi connectivity index (χ1v) is 13.8. The second kappa shape index (κ2) is 13.0. The zero-order chi connectivity index (χ0) is 29.6. The molecule has 0 atom stereocenters. The van der Waals surface area contributed by atoms with E-state index < -0.39 is 12.1 Å². The van der Waals surface area contributed by atoms with Crippen LogP contribution in [0, 0.1) is 5.21 Å². The SMILES string of the molecule is CCCCc1nc(Cl)c(C(=O)c2cccc(C(OC)OC)[n+]2[O-])n1Cc1ccc(-c2ccccc2)c(-c2nn[nH]n2)c1. The number of aryl methyl sites for hydroxylation is 1. The van der Waals surface area contributed by atoms with E-state index in [1.165, 1.54) is 20.3 Å². The number of nitrogens with zero attached hydrogens (tertiary/aromatic N) is 6. The molecule has 0 saturated carbocycles. The maximum absolute atomic E-state index is 14.0. The highest BCUT2D eigenvalue weighted by molar-refractivity contribution is 6.33. The van der Waals surface area contributed by atoms with Crippen LogP contribution in [0.25, 0.3) is 22.5 Å². The molecule has 11 nitrogen and oxygen atoms in total. The molecular weight excluding hydrogens is 558 g/mol. The van der Waals surface area contributed by atoms with E-state index >= 15 is 0 Å². The Bertz CT molecular complexity index is 1670. The van der Waals surface area contributed by atoms with E-state index in [1.54, 1.807) is 16.7 Å². The van der Waals surface area contributed by atoms with E-state index in [1.807, 2.05) is 48.5 Å². The van der Waals surface area contributed by atoms with Crippen molar-refractivity contribution >= 4 is 17.4 Å². The molecule has 0 bridgehead atoms. The van der Waals surface area contributed by atoms with Gasteiger partial charge in [-0.2, -0.15) is 9.94 Å². The van der Waals surface area contributed by atoms with Crippen LogP contribution in [0.4, 0.5) is 0 Å². The molecule has 0 aliphatic carbocycles. The van der Waals surface area contributed by atoms with Crippen molar-refractivity contribution in [2.24, 2.45) is 0 Å². The average molecular weight is 588 g/mol. The van der Waals surface area contributed by atoms with Gasteiger partial charge in [0.05, 0.1) is 0 Å². The van der Waals surface area contributed by atoms with Crippen LogP contribution >= 0.6 is 11.6 Å². The van der Waals surface area contributed by atoms with Gasteiger partial charge < -0.3 is 19.2 Å². The second-order valence-corrected chi connectivity index (χ2v) is 9.96. The molecule has 0 fully saturated rings. The molecule has 3 heterocycles. The number of imidazole rings is 1. The molecule has 5 rings (SSSR count). The summed E-state index contributed by atoms with van der Waals surface area (Å²) in [6.07, 6.45) is 1.44. The van der Waals surface area contributed by atoms with Crippen molar-refractivity contribution in [1.82, 2.24) is 30.2 Å². The van der Waals surface area contributed by atoms with Crippen LogP contribution in [0.15, 0.2) is 66.7 Å². The molecule has 0 unspecified atom stereocenters. The third kappa shape index (κ3) is 5.80. The molecule has 0 spiro atoms. The summed E-state index contributed by atoms with van der Waals surface area (Å²) in [6.45, 7) is 2.35. The topological polar surface area (TPSA) is 135 Å². The number of rotatable bonds is 12. The van der Waals surface area contributed by atoms with Crippen molar-refractivity contribution in [2.75, 3.05) is 14.2 Å². The lowest BCUT2D eigenvalue weighted by Crippen LogP contribution is -2.41. The van der Waals surface area contributed by atoms with Crippen molar-refractivity contribution in [2.45, 2.75) is 39.0 Å². The number of ether oxygens (including phenoxy) is 2. The highest BCUT2D eigenvalue weighted by Gasteiger charge is 2.31. The van der Waals surface area contributed by atoms with Crippen LogP contribution < -0.4 is 4.73 Å². The Morgan fingerprint density at radius 3 is 2.55 bits per heavy atom. The minimum Gasteiger partial charge on any atom is -0.618 e. The van der Waals surface area contributed by atoms with Crippen LogP contribution in [0.3, 0.4) is 0 Å². The van der Waals surface area contributed by atoms with Gasteiger partial charge in [-0.15, -0.1) is 10.2 Å². The summed E-state index contributed by atoms with van der Waals surface area (Å²) in [5.74, 6) is 0.535. The Labute approximate surface area is 247 Å². The highest BCUT2D eigenvalue weighted by atomic mass is 35.5. The number of carbonyl (C=O) groups is 1. The van der Waals surface area contributed by atoms with Gasteiger partial charge in [0.2, 0.25) is 17.8 Å². The molecule has 0 amide bonds. The number of nitrogens with one attached hydrogen (secondary N) is 1. The summed E-state index contributed by atoms with van der Waals surface area (Å²) in [4.78, 5) is 18.5. The maximum atomic E-state index is 14.0. The molecule has 42 heavy (non-hydrogen) atoms. The number of unbranched alkanes of at least 4 members (excludes halogenated alkanes) is 1. The first-order chi connectivity index (χ1) is 20.5. The zero-order valence-electron chi connectivity index (χ0n) is 23.5. The Morgan fingerprint density at radius 1 is 1.07 bits per heavy atom.